The maximum absolute atomic E-state index is 11.9. The van der Waals surface area contributed by atoms with Crippen LogP contribution in [0.1, 0.15) is 26.2 Å². The molecule has 2 unspecified atom stereocenters. The van der Waals surface area contributed by atoms with Gasteiger partial charge in [0.2, 0.25) is 0 Å². The van der Waals surface area contributed by atoms with Crippen molar-refractivity contribution in [2.45, 2.75) is 44.4 Å². The van der Waals surface area contributed by atoms with Crippen LogP contribution in [0, 0.1) is 0 Å². The molecule has 3 nitrogen and oxygen atoms in total. The van der Waals surface area contributed by atoms with Crippen LogP contribution in [-0.2, 0) is 4.74 Å². The first kappa shape index (κ1) is 14.7. The van der Waals surface area contributed by atoms with Gasteiger partial charge < -0.3 is 10.5 Å². The number of halogens is 3. The Hall–Kier alpha value is -0.330. The average molecular weight is 254 g/mol. The zero-order chi connectivity index (χ0) is 12.9. The van der Waals surface area contributed by atoms with Crippen molar-refractivity contribution in [1.82, 2.24) is 4.90 Å². The Balaban J connectivity index is 2.24. The van der Waals surface area contributed by atoms with Crippen LogP contribution in [0.2, 0.25) is 0 Å². The summed E-state index contributed by atoms with van der Waals surface area (Å²) in [6.45, 7) is 2.33. The molecule has 0 radical (unpaired) electrons. The second kappa shape index (κ2) is 6.56. The highest BCUT2D eigenvalue weighted by Crippen LogP contribution is 2.19. The highest BCUT2D eigenvalue weighted by atomic mass is 19.4. The Morgan fingerprint density at radius 3 is 2.71 bits per heavy atom. The van der Waals surface area contributed by atoms with Gasteiger partial charge in [0, 0.05) is 18.6 Å². The quantitative estimate of drug-likeness (QED) is 0.760. The predicted octanol–water partition coefficient (Wildman–Crippen LogP) is 1.77. The normalized spacial score (nSPS) is 24.9. The Morgan fingerprint density at radius 1 is 1.41 bits per heavy atom. The topological polar surface area (TPSA) is 38.5 Å². The fourth-order valence-electron chi connectivity index (χ4n) is 2.26. The SMILES string of the molecule is CC(N)C1CCCCN1CCOCC(F)(F)F. The maximum Gasteiger partial charge on any atom is 0.411 e. The molecule has 102 valence electrons. The van der Waals surface area contributed by atoms with E-state index < -0.39 is 12.8 Å². The van der Waals surface area contributed by atoms with E-state index in [4.69, 9.17) is 5.73 Å². The van der Waals surface area contributed by atoms with Gasteiger partial charge in [-0.1, -0.05) is 6.42 Å². The van der Waals surface area contributed by atoms with E-state index in [2.05, 4.69) is 9.64 Å². The van der Waals surface area contributed by atoms with Gasteiger partial charge in [0.25, 0.3) is 0 Å². The van der Waals surface area contributed by atoms with E-state index in [0.717, 1.165) is 25.8 Å². The molecule has 2 N–H and O–H groups in total. The molecular formula is C11H21F3N2O. The van der Waals surface area contributed by atoms with Crippen LogP contribution in [0.3, 0.4) is 0 Å². The fourth-order valence-corrected chi connectivity index (χ4v) is 2.26. The molecule has 1 saturated heterocycles. The monoisotopic (exact) mass is 254 g/mol. The zero-order valence-electron chi connectivity index (χ0n) is 10.2. The summed E-state index contributed by atoms with van der Waals surface area (Å²) in [5.41, 5.74) is 5.87. The molecule has 0 aromatic rings. The van der Waals surface area contributed by atoms with E-state index in [1.807, 2.05) is 6.92 Å². The lowest BCUT2D eigenvalue weighted by atomic mass is 9.97. The lowest BCUT2D eigenvalue weighted by Crippen LogP contribution is -2.50. The molecule has 17 heavy (non-hydrogen) atoms. The summed E-state index contributed by atoms with van der Waals surface area (Å²) in [6, 6.07) is 0.330. The number of nitrogens with two attached hydrogens (primary N) is 1. The van der Waals surface area contributed by atoms with Gasteiger partial charge in [0.05, 0.1) is 6.61 Å². The van der Waals surface area contributed by atoms with Gasteiger partial charge in [-0.25, -0.2) is 0 Å². The van der Waals surface area contributed by atoms with E-state index in [9.17, 15) is 13.2 Å². The second-order valence-corrected chi connectivity index (χ2v) is 4.63. The van der Waals surface area contributed by atoms with Gasteiger partial charge in [-0.05, 0) is 26.3 Å². The molecule has 0 amide bonds. The van der Waals surface area contributed by atoms with E-state index in [1.54, 1.807) is 0 Å². The molecule has 0 spiro atoms. The van der Waals surface area contributed by atoms with Gasteiger partial charge in [-0.2, -0.15) is 13.2 Å². The van der Waals surface area contributed by atoms with E-state index >= 15 is 0 Å². The summed E-state index contributed by atoms with van der Waals surface area (Å²) >= 11 is 0. The van der Waals surface area contributed by atoms with Gasteiger partial charge in [0.1, 0.15) is 6.61 Å². The molecule has 0 bridgehead atoms. The van der Waals surface area contributed by atoms with Crippen molar-refractivity contribution < 1.29 is 17.9 Å². The Labute approximate surface area is 100 Å². The molecule has 1 fully saturated rings. The van der Waals surface area contributed by atoms with Crippen molar-refractivity contribution in [1.29, 1.82) is 0 Å². The first-order valence-electron chi connectivity index (χ1n) is 6.04. The highest BCUT2D eigenvalue weighted by molar-refractivity contribution is 4.82. The molecule has 1 aliphatic heterocycles. The number of hydrogen-bond acceptors (Lipinski definition) is 3. The van der Waals surface area contributed by atoms with Crippen LogP contribution in [0.5, 0.6) is 0 Å². The van der Waals surface area contributed by atoms with E-state index in [0.29, 0.717) is 6.54 Å². The Kier molecular flexibility index (Phi) is 5.69. The first-order chi connectivity index (χ1) is 7.90. The standard InChI is InChI=1S/C11H21F3N2O/c1-9(15)10-4-2-3-5-16(10)6-7-17-8-11(12,13)14/h9-10H,2-8,15H2,1H3. The number of piperidine rings is 1. The number of alkyl halides is 3. The third-order valence-electron chi connectivity index (χ3n) is 3.06. The molecule has 1 rings (SSSR count). The van der Waals surface area contributed by atoms with Crippen molar-refractivity contribution in [2.24, 2.45) is 5.73 Å². The Morgan fingerprint density at radius 2 is 2.12 bits per heavy atom. The summed E-state index contributed by atoms with van der Waals surface area (Å²) in [6.07, 6.45) is -0.978. The summed E-state index contributed by atoms with van der Waals surface area (Å²) < 4.78 is 40.2. The van der Waals surface area contributed by atoms with Gasteiger partial charge in [-0.3, -0.25) is 4.90 Å². The highest BCUT2D eigenvalue weighted by Gasteiger charge is 2.28. The number of rotatable bonds is 5. The summed E-state index contributed by atoms with van der Waals surface area (Å²) in [7, 11) is 0. The molecule has 2 atom stereocenters. The van der Waals surface area contributed by atoms with Crippen molar-refractivity contribution in [3.05, 3.63) is 0 Å². The predicted molar refractivity (Wildman–Crippen MR) is 59.7 cm³/mol. The summed E-state index contributed by atoms with van der Waals surface area (Å²) in [5, 5.41) is 0. The number of hydrogen-bond donors (Lipinski definition) is 1. The van der Waals surface area contributed by atoms with Crippen LogP contribution in [0.25, 0.3) is 0 Å². The van der Waals surface area contributed by atoms with Crippen LogP contribution in [0.15, 0.2) is 0 Å². The van der Waals surface area contributed by atoms with Crippen molar-refractivity contribution in [2.75, 3.05) is 26.3 Å². The van der Waals surface area contributed by atoms with Crippen molar-refractivity contribution in [3.8, 4) is 0 Å². The molecule has 1 heterocycles. The van der Waals surface area contributed by atoms with Crippen LogP contribution in [0.4, 0.5) is 13.2 Å². The summed E-state index contributed by atoms with van der Waals surface area (Å²) in [4.78, 5) is 2.14. The van der Waals surface area contributed by atoms with Crippen molar-refractivity contribution >= 4 is 0 Å². The van der Waals surface area contributed by atoms with Gasteiger partial charge >= 0.3 is 6.18 Å². The van der Waals surface area contributed by atoms with E-state index in [-0.39, 0.29) is 18.7 Å². The largest absolute Gasteiger partial charge is 0.411 e. The van der Waals surface area contributed by atoms with Crippen molar-refractivity contribution in [3.63, 3.8) is 0 Å². The third kappa shape index (κ3) is 5.70. The Bertz CT molecular complexity index is 221. The van der Waals surface area contributed by atoms with Crippen LogP contribution < -0.4 is 5.73 Å². The minimum atomic E-state index is -4.23. The molecule has 0 saturated carbocycles. The van der Waals surface area contributed by atoms with Crippen LogP contribution in [-0.4, -0.2) is 49.5 Å². The number of nitrogens with zero attached hydrogens (tertiary/aromatic N) is 1. The van der Waals surface area contributed by atoms with E-state index in [1.165, 1.54) is 0 Å². The van der Waals surface area contributed by atoms with Gasteiger partial charge in [0.15, 0.2) is 0 Å². The molecule has 0 aliphatic carbocycles. The average Bonchev–Trinajstić information content (AvgIpc) is 2.23. The lowest BCUT2D eigenvalue weighted by molar-refractivity contribution is -0.175. The molecule has 0 aromatic carbocycles. The summed E-state index contributed by atoms with van der Waals surface area (Å²) in [5.74, 6) is 0. The third-order valence-corrected chi connectivity index (χ3v) is 3.06. The lowest BCUT2D eigenvalue weighted by Gasteiger charge is -2.37. The fraction of sp³-hybridized carbons (Fsp3) is 1.00. The zero-order valence-corrected chi connectivity index (χ0v) is 10.2. The smallest absolute Gasteiger partial charge is 0.371 e. The number of likely N-dealkylation sites (tertiary alicyclic amines) is 1. The molecule has 1 aliphatic rings. The van der Waals surface area contributed by atoms with Gasteiger partial charge in [-0.15, -0.1) is 0 Å². The maximum atomic E-state index is 11.9. The molecule has 0 aromatic heterocycles. The van der Waals surface area contributed by atoms with Crippen LogP contribution >= 0.6 is 0 Å². The minimum Gasteiger partial charge on any atom is -0.371 e. The molecular weight excluding hydrogens is 233 g/mol. The second-order valence-electron chi connectivity index (χ2n) is 4.63. The first-order valence-corrected chi connectivity index (χ1v) is 6.04. The minimum absolute atomic E-state index is 0.0536. The number of ether oxygens (including phenoxy) is 1. The molecule has 6 heteroatoms.